The van der Waals surface area contributed by atoms with E-state index >= 15 is 0 Å². The molecule has 0 radical (unpaired) electrons. The molecular weight excluding hydrogens is 543 g/mol. The van der Waals surface area contributed by atoms with Crippen LogP contribution in [0.2, 0.25) is 0 Å². The summed E-state index contributed by atoms with van der Waals surface area (Å²) in [7, 11) is 0. The number of halogens is 5. The van der Waals surface area contributed by atoms with Crippen molar-refractivity contribution in [2.75, 3.05) is 0 Å². The minimum absolute atomic E-state index is 0.203. The molecule has 2 saturated heterocycles. The molecule has 5 nitrogen and oxygen atoms in total. The summed E-state index contributed by atoms with van der Waals surface area (Å²) >= 11 is -2.00. The monoisotopic (exact) mass is 562 g/mol. The predicted octanol–water partition coefficient (Wildman–Crippen LogP) is 2.37. The second-order valence-corrected chi connectivity index (χ2v) is 12.7. The van der Waals surface area contributed by atoms with Crippen molar-refractivity contribution in [2.45, 2.75) is 58.1 Å². The summed E-state index contributed by atoms with van der Waals surface area (Å²) in [5, 5.41) is 10.00. The maximum absolute atomic E-state index is 13.2. The molecule has 4 unspecified atom stereocenters. The Kier molecular flexibility index (Phi) is 4.78. The Hall–Kier alpha value is 0.470. The number of carbonyl (C=O) groups is 1. The Balaban J connectivity index is 1.71. The molecule has 10 heteroatoms. The van der Waals surface area contributed by atoms with Gasteiger partial charge in [-0.05, 0) is 0 Å². The molecule has 0 spiro atoms. The van der Waals surface area contributed by atoms with Crippen LogP contribution < -0.4 is 7.06 Å². The SMILES string of the molecule is C=IC(C(=O)OC1CCCCC1C(C)(O)C(F)(F)F)C12NI1N2. The summed E-state index contributed by atoms with van der Waals surface area (Å²) in [6, 6.07) is 0. The van der Waals surface area contributed by atoms with Crippen molar-refractivity contribution in [3.63, 3.8) is 0 Å². The van der Waals surface area contributed by atoms with Crippen LogP contribution in [0.3, 0.4) is 0 Å². The zero-order valence-electron chi connectivity index (χ0n) is 12.4. The third-order valence-corrected chi connectivity index (χ3v) is 12.7. The van der Waals surface area contributed by atoms with Gasteiger partial charge in [-0.15, -0.1) is 0 Å². The van der Waals surface area contributed by atoms with Gasteiger partial charge in [0, 0.05) is 0 Å². The van der Waals surface area contributed by atoms with E-state index in [9.17, 15) is 23.1 Å². The number of carbonyl (C=O) groups excluding carboxylic acids is 1. The van der Waals surface area contributed by atoms with Crippen molar-refractivity contribution in [1.29, 1.82) is 0 Å². The fourth-order valence-corrected chi connectivity index (χ4v) is 12.5. The van der Waals surface area contributed by atoms with Crippen molar-refractivity contribution in [1.82, 2.24) is 7.06 Å². The van der Waals surface area contributed by atoms with Crippen molar-refractivity contribution in [3.8, 4) is 0 Å². The van der Waals surface area contributed by atoms with Gasteiger partial charge < -0.3 is 0 Å². The standard InChI is InChI=1S/C13H19F3I2N2O3/c1-11(22,13(14,15)16)7-5-3-4-6-8(7)23-10(21)9(17-2)12-18(19-12)20-12/h7-9,19-20,22H,2-6H2,1H3. The van der Waals surface area contributed by atoms with Crippen molar-refractivity contribution in [3.05, 3.63) is 0 Å². The van der Waals surface area contributed by atoms with Crippen molar-refractivity contribution < 1.29 is 27.8 Å². The second-order valence-electron chi connectivity index (χ2n) is 6.21. The summed E-state index contributed by atoms with van der Waals surface area (Å²) in [5.74, 6) is -1.57. The fourth-order valence-electron chi connectivity index (χ4n) is 3.06. The van der Waals surface area contributed by atoms with E-state index in [1.165, 1.54) is 0 Å². The van der Waals surface area contributed by atoms with E-state index in [2.05, 4.69) is 11.6 Å². The number of alkyl halides is 5. The first-order valence-corrected chi connectivity index (χ1v) is 13.3. The first-order valence-electron chi connectivity index (χ1n) is 7.25. The molecule has 3 aliphatic rings. The number of esters is 1. The van der Waals surface area contributed by atoms with Crippen LogP contribution in [0.15, 0.2) is 0 Å². The topological polar surface area (TPSA) is 90.4 Å². The summed E-state index contributed by atoms with van der Waals surface area (Å²) < 4.78 is 54.7. The van der Waals surface area contributed by atoms with Crippen LogP contribution in [-0.4, -0.2) is 41.1 Å². The molecule has 3 fully saturated rings. The second kappa shape index (κ2) is 6.02. The van der Waals surface area contributed by atoms with E-state index in [1.54, 1.807) is 0 Å². The van der Waals surface area contributed by atoms with E-state index in [0.29, 0.717) is 19.3 Å². The normalized spacial score (nSPS) is 34.0. The van der Waals surface area contributed by atoms with Crippen LogP contribution >= 0.6 is 41.1 Å². The van der Waals surface area contributed by atoms with E-state index in [4.69, 9.17) is 4.74 Å². The van der Waals surface area contributed by atoms with E-state index in [1.807, 2.05) is 0 Å². The number of ether oxygens (including phenoxy) is 1. The van der Waals surface area contributed by atoms with Gasteiger partial charge in [-0.2, -0.15) is 0 Å². The number of nitrogens with one attached hydrogen (secondary N) is 2. The Morgan fingerprint density at radius 1 is 1.43 bits per heavy atom. The molecule has 3 N–H and O–H groups in total. The zero-order valence-corrected chi connectivity index (χ0v) is 16.7. The molecule has 23 heavy (non-hydrogen) atoms. The third kappa shape index (κ3) is 3.17. The zero-order chi connectivity index (χ0) is 17.0. The van der Waals surface area contributed by atoms with Crippen LogP contribution in [-0.2, 0) is 9.53 Å². The van der Waals surface area contributed by atoms with Gasteiger partial charge in [0.25, 0.3) is 0 Å². The minimum atomic E-state index is -4.74. The van der Waals surface area contributed by atoms with Gasteiger partial charge in [-0.1, -0.05) is 0 Å². The van der Waals surface area contributed by atoms with Crippen LogP contribution in [0, 0.1) is 5.92 Å². The Morgan fingerprint density at radius 2 is 2.00 bits per heavy atom. The fraction of sp³-hybridized carbons (Fsp3) is 0.846. The third-order valence-electron chi connectivity index (χ3n) is 4.67. The average Bonchev–Trinajstić information content (AvgIpc) is 3.28. The number of hydrogen-bond acceptors (Lipinski definition) is 5. The van der Waals surface area contributed by atoms with E-state index in [-0.39, 0.29) is 14.0 Å². The predicted molar refractivity (Wildman–Crippen MR) is 96.5 cm³/mol. The van der Waals surface area contributed by atoms with Crippen molar-refractivity contribution >= 4 is 51.6 Å². The Bertz CT molecular complexity index is 523. The molecule has 0 aromatic carbocycles. The summed E-state index contributed by atoms with van der Waals surface area (Å²) in [5.41, 5.74) is -2.85. The molecule has 2 heterocycles. The van der Waals surface area contributed by atoms with Gasteiger partial charge in [0.1, 0.15) is 0 Å². The summed E-state index contributed by atoms with van der Waals surface area (Å²) in [4.78, 5) is 12.4. The Morgan fingerprint density at radius 3 is 2.48 bits per heavy atom. The first kappa shape index (κ1) is 18.3. The molecule has 1 saturated carbocycles. The molecule has 0 aromatic heterocycles. The number of hydrogen-bond donors (Lipinski definition) is 3. The van der Waals surface area contributed by atoms with Crippen molar-refractivity contribution in [2.24, 2.45) is 5.92 Å². The molecule has 0 amide bonds. The molecule has 0 bridgehead atoms. The maximum atomic E-state index is 13.2. The average molecular weight is 562 g/mol. The molecule has 3 rings (SSSR count). The van der Waals surface area contributed by atoms with Gasteiger partial charge in [-0.25, -0.2) is 0 Å². The number of rotatable bonds is 5. The van der Waals surface area contributed by atoms with Crippen LogP contribution in [0.25, 0.3) is 0 Å². The first-order chi connectivity index (χ1) is 10.6. The Labute approximate surface area is 149 Å². The van der Waals surface area contributed by atoms with Gasteiger partial charge in [0.2, 0.25) is 0 Å². The quantitative estimate of drug-likeness (QED) is 0.120. The van der Waals surface area contributed by atoms with Gasteiger partial charge in [0.15, 0.2) is 0 Å². The van der Waals surface area contributed by atoms with E-state index < -0.39 is 70.9 Å². The molecule has 4 atom stereocenters. The molecular formula is C13H19F3I2N2O3. The summed E-state index contributed by atoms with van der Waals surface area (Å²) in [6.07, 6.45) is -3.77. The molecule has 2 aliphatic heterocycles. The van der Waals surface area contributed by atoms with Crippen LogP contribution in [0.1, 0.15) is 32.6 Å². The molecule has 0 aromatic rings. The van der Waals surface area contributed by atoms with Gasteiger partial charge >= 0.3 is 150 Å². The van der Waals surface area contributed by atoms with Gasteiger partial charge in [-0.3, -0.25) is 0 Å². The number of fused-ring (bicyclic) bond motifs is 1. The van der Waals surface area contributed by atoms with Gasteiger partial charge in [0.05, 0.1) is 0 Å². The molecule has 1 aliphatic carbocycles. The van der Waals surface area contributed by atoms with Crippen LogP contribution in [0.4, 0.5) is 13.2 Å². The van der Waals surface area contributed by atoms with Crippen LogP contribution in [0.5, 0.6) is 0 Å². The number of aliphatic hydroxyl groups is 1. The van der Waals surface area contributed by atoms with E-state index in [0.717, 1.165) is 6.92 Å². The summed E-state index contributed by atoms with van der Waals surface area (Å²) in [6.45, 7) is 0.781. The molecule has 134 valence electrons.